The Morgan fingerprint density at radius 1 is 1.08 bits per heavy atom. The molecule has 0 amide bonds. The van der Waals surface area contributed by atoms with E-state index in [0.29, 0.717) is 5.56 Å². The van der Waals surface area contributed by atoms with Gasteiger partial charge in [0.2, 0.25) is 11.9 Å². The fourth-order valence-electron chi connectivity index (χ4n) is 2.61. The number of rotatable bonds is 2. The van der Waals surface area contributed by atoms with Crippen LogP contribution in [0.2, 0.25) is 0 Å². The number of benzene rings is 2. The average molecular weight is 330 g/mol. The second-order valence-corrected chi connectivity index (χ2v) is 5.36. The fourth-order valence-corrected chi connectivity index (χ4v) is 2.61. The van der Waals surface area contributed by atoms with Gasteiger partial charge in [-0.05, 0) is 17.7 Å². The summed E-state index contributed by atoms with van der Waals surface area (Å²) in [6.45, 7) is 1.16. The van der Waals surface area contributed by atoms with Gasteiger partial charge >= 0.3 is 5.97 Å². The Hall–Kier alpha value is -3.22. The van der Waals surface area contributed by atoms with Crippen molar-refractivity contribution in [2.75, 3.05) is 0 Å². The number of carbonyl (C=O) groups excluding carboxylic acids is 2. The van der Waals surface area contributed by atoms with E-state index in [1.54, 1.807) is 0 Å². The molecule has 124 valence electrons. The molecule has 0 unspecified atom stereocenters. The van der Waals surface area contributed by atoms with Crippen LogP contribution in [-0.4, -0.2) is 33.2 Å². The molecule has 0 bridgehead atoms. The minimum Gasteiger partial charge on any atom is -0.508 e. The van der Waals surface area contributed by atoms with Crippen molar-refractivity contribution in [2.24, 2.45) is 0 Å². The number of esters is 1. The lowest BCUT2D eigenvalue weighted by molar-refractivity contribution is -0.148. The third kappa shape index (κ3) is 2.71. The van der Waals surface area contributed by atoms with E-state index in [2.05, 4.69) is 0 Å². The van der Waals surface area contributed by atoms with Gasteiger partial charge < -0.3 is 24.8 Å². The van der Waals surface area contributed by atoms with Gasteiger partial charge in [0.15, 0.2) is 6.10 Å². The molecule has 2 aromatic rings. The fraction of sp³-hybridized carbons (Fsp3) is 0.176. The van der Waals surface area contributed by atoms with Crippen LogP contribution in [0.5, 0.6) is 23.0 Å². The van der Waals surface area contributed by atoms with Gasteiger partial charge in [-0.2, -0.15) is 0 Å². The molecule has 0 saturated carbocycles. The van der Waals surface area contributed by atoms with Crippen LogP contribution >= 0.6 is 0 Å². The van der Waals surface area contributed by atoms with E-state index in [1.165, 1.54) is 30.3 Å². The van der Waals surface area contributed by atoms with E-state index in [-0.39, 0.29) is 22.8 Å². The third-order valence-corrected chi connectivity index (χ3v) is 3.61. The van der Waals surface area contributed by atoms with Crippen LogP contribution < -0.4 is 4.74 Å². The van der Waals surface area contributed by atoms with Crippen LogP contribution in [0, 0.1) is 0 Å². The first kappa shape index (κ1) is 15.7. The van der Waals surface area contributed by atoms with Gasteiger partial charge in [-0.3, -0.25) is 9.59 Å². The van der Waals surface area contributed by atoms with Crippen LogP contribution in [0.4, 0.5) is 0 Å². The highest BCUT2D eigenvalue weighted by Crippen LogP contribution is 2.42. The summed E-state index contributed by atoms with van der Waals surface area (Å²) in [4.78, 5) is 24.1. The molecule has 0 spiro atoms. The summed E-state index contributed by atoms with van der Waals surface area (Å²) in [5, 5.41) is 28.9. The van der Waals surface area contributed by atoms with Gasteiger partial charge in [0.05, 0.1) is 0 Å². The topological polar surface area (TPSA) is 113 Å². The highest BCUT2D eigenvalue weighted by molar-refractivity contribution is 6.06. The predicted molar refractivity (Wildman–Crippen MR) is 81.1 cm³/mol. The molecular weight excluding hydrogens is 316 g/mol. The molecule has 7 nitrogen and oxygen atoms in total. The number of ether oxygens (including phenoxy) is 2. The number of fused-ring (bicyclic) bond motifs is 1. The molecule has 0 saturated heterocycles. The third-order valence-electron chi connectivity index (χ3n) is 3.61. The van der Waals surface area contributed by atoms with E-state index in [9.17, 15) is 24.9 Å². The Labute approximate surface area is 136 Å². The van der Waals surface area contributed by atoms with Gasteiger partial charge in [0, 0.05) is 19.1 Å². The summed E-state index contributed by atoms with van der Waals surface area (Å²) in [5.74, 6) is -2.03. The van der Waals surface area contributed by atoms with E-state index in [0.717, 1.165) is 13.0 Å². The lowest BCUT2D eigenvalue weighted by Crippen LogP contribution is -2.39. The summed E-state index contributed by atoms with van der Waals surface area (Å²) >= 11 is 0. The standard InChI is InChI=1S/C17H14O7/c1-8(18)23-17-15(22)14-12(21)6-11(20)7-13(14)24-16(17)9-2-4-10(19)5-3-9/h2-7,16-17,19-21H,1H3/t16-,17-/m0/s1. The number of phenolic OH excluding ortho intramolecular Hbond substituents is 3. The van der Waals surface area contributed by atoms with Gasteiger partial charge in [0.25, 0.3) is 0 Å². The molecule has 3 rings (SSSR count). The molecule has 0 radical (unpaired) electrons. The van der Waals surface area contributed by atoms with Crippen molar-refractivity contribution in [1.82, 2.24) is 0 Å². The maximum absolute atomic E-state index is 12.7. The maximum Gasteiger partial charge on any atom is 0.303 e. The first-order chi connectivity index (χ1) is 11.4. The second kappa shape index (κ2) is 5.77. The monoisotopic (exact) mass is 330 g/mol. The van der Waals surface area contributed by atoms with Crippen molar-refractivity contribution in [3.05, 3.63) is 47.5 Å². The summed E-state index contributed by atoms with van der Waals surface area (Å²) in [6, 6.07) is 8.07. The number of phenols is 3. The first-order valence-corrected chi connectivity index (χ1v) is 7.10. The van der Waals surface area contributed by atoms with Crippen LogP contribution in [0.3, 0.4) is 0 Å². The van der Waals surface area contributed by atoms with Crippen molar-refractivity contribution in [2.45, 2.75) is 19.1 Å². The lowest BCUT2D eigenvalue weighted by Gasteiger charge is -2.32. The van der Waals surface area contributed by atoms with Crippen LogP contribution in [-0.2, 0) is 9.53 Å². The highest BCUT2D eigenvalue weighted by Gasteiger charge is 2.42. The molecule has 0 aromatic heterocycles. The zero-order chi connectivity index (χ0) is 17.4. The lowest BCUT2D eigenvalue weighted by atomic mass is 9.92. The quantitative estimate of drug-likeness (QED) is 0.722. The van der Waals surface area contributed by atoms with Crippen molar-refractivity contribution in [3.63, 3.8) is 0 Å². The van der Waals surface area contributed by atoms with Crippen molar-refractivity contribution >= 4 is 11.8 Å². The normalized spacial score (nSPS) is 19.3. The summed E-state index contributed by atoms with van der Waals surface area (Å²) in [5.41, 5.74) is 0.329. The molecule has 24 heavy (non-hydrogen) atoms. The van der Waals surface area contributed by atoms with E-state index >= 15 is 0 Å². The van der Waals surface area contributed by atoms with Crippen LogP contribution in [0.1, 0.15) is 28.9 Å². The van der Waals surface area contributed by atoms with Gasteiger partial charge in [-0.25, -0.2) is 0 Å². The van der Waals surface area contributed by atoms with Gasteiger partial charge in [0.1, 0.15) is 28.6 Å². The molecule has 2 aromatic carbocycles. The zero-order valence-electron chi connectivity index (χ0n) is 12.6. The number of hydrogen-bond donors (Lipinski definition) is 3. The van der Waals surface area contributed by atoms with Crippen molar-refractivity contribution in [1.29, 1.82) is 0 Å². The van der Waals surface area contributed by atoms with Gasteiger partial charge in [-0.1, -0.05) is 12.1 Å². The maximum atomic E-state index is 12.7. The number of aromatic hydroxyl groups is 3. The largest absolute Gasteiger partial charge is 0.508 e. The van der Waals surface area contributed by atoms with E-state index in [1.807, 2.05) is 0 Å². The van der Waals surface area contributed by atoms with Gasteiger partial charge in [-0.15, -0.1) is 0 Å². The molecular formula is C17H14O7. The minimum atomic E-state index is -1.30. The molecule has 2 atom stereocenters. The Bertz CT molecular complexity index is 810. The Morgan fingerprint density at radius 3 is 2.38 bits per heavy atom. The average Bonchev–Trinajstić information content (AvgIpc) is 2.49. The first-order valence-electron chi connectivity index (χ1n) is 7.10. The Balaban J connectivity index is 2.11. The molecule has 1 aliphatic rings. The Kier molecular flexibility index (Phi) is 3.76. The summed E-state index contributed by atoms with van der Waals surface area (Å²) in [6.07, 6.45) is -2.27. The summed E-state index contributed by atoms with van der Waals surface area (Å²) in [7, 11) is 0. The summed E-state index contributed by atoms with van der Waals surface area (Å²) < 4.78 is 10.8. The minimum absolute atomic E-state index is 0.0148. The number of ketones is 1. The number of hydrogen-bond acceptors (Lipinski definition) is 7. The second-order valence-electron chi connectivity index (χ2n) is 5.36. The van der Waals surface area contributed by atoms with E-state index in [4.69, 9.17) is 9.47 Å². The number of carbonyl (C=O) groups is 2. The zero-order valence-corrected chi connectivity index (χ0v) is 12.6. The molecule has 0 fully saturated rings. The Morgan fingerprint density at radius 2 is 1.75 bits per heavy atom. The molecule has 0 aliphatic carbocycles. The molecule has 7 heteroatoms. The molecule has 1 heterocycles. The molecule has 1 aliphatic heterocycles. The predicted octanol–water partition coefficient (Wildman–Crippen LogP) is 2.05. The number of Topliss-reactive ketones (excluding diaryl/α,β-unsaturated/α-hetero) is 1. The highest BCUT2D eigenvalue weighted by atomic mass is 16.6. The van der Waals surface area contributed by atoms with Crippen molar-refractivity contribution < 1.29 is 34.4 Å². The van der Waals surface area contributed by atoms with Crippen molar-refractivity contribution in [3.8, 4) is 23.0 Å². The smallest absolute Gasteiger partial charge is 0.303 e. The van der Waals surface area contributed by atoms with Crippen LogP contribution in [0.15, 0.2) is 36.4 Å². The SMILES string of the molecule is CC(=O)O[C@H]1C(=O)c2c(O)cc(O)cc2O[C@H]1c1ccc(O)cc1. The molecule has 3 N–H and O–H groups in total. The van der Waals surface area contributed by atoms with E-state index < -0.39 is 29.7 Å². The van der Waals surface area contributed by atoms with Crippen LogP contribution in [0.25, 0.3) is 0 Å².